The van der Waals surface area contributed by atoms with E-state index in [1.807, 2.05) is 36.4 Å². The number of hydrogen-bond donors (Lipinski definition) is 1. The zero-order valence-electron chi connectivity index (χ0n) is 12.0. The van der Waals surface area contributed by atoms with Gasteiger partial charge in [0.05, 0.1) is 12.2 Å². The zero-order valence-corrected chi connectivity index (χ0v) is 12.0. The van der Waals surface area contributed by atoms with Crippen molar-refractivity contribution in [3.05, 3.63) is 71.3 Å². The van der Waals surface area contributed by atoms with Crippen LogP contribution in [-0.4, -0.2) is 11.2 Å². The predicted molar refractivity (Wildman–Crippen MR) is 82.8 cm³/mol. The first kappa shape index (κ1) is 13.9. The monoisotopic (exact) mass is 277 g/mol. The summed E-state index contributed by atoms with van der Waals surface area (Å²) in [6.45, 7) is 0. The highest BCUT2D eigenvalue weighted by Gasteiger charge is 2.44. The molecule has 0 radical (unpaired) electrons. The molecule has 0 amide bonds. The van der Waals surface area contributed by atoms with Gasteiger partial charge in [-0.2, -0.15) is 5.26 Å². The molecule has 106 valence electrons. The second kappa shape index (κ2) is 5.71. The van der Waals surface area contributed by atoms with Gasteiger partial charge in [0.1, 0.15) is 5.41 Å². The third-order valence-electron chi connectivity index (χ3n) is 4.60. The molecule has 3 rings (SSSR count). The number of aliphatic hydroxyl groups is 1. The summed E-state index contributed by atoms with van der Waals surface area (Å²) in [6.07, 6.45) is 2.40. The van der Waals surface area contributed by atoms with E-state index in [1.54, 1.807) is 0 Å². The highest BCUT2D eigenvalue weighted by Crippen LogP contribution is 2.42. The first-order valence-electron chi connectivity index (χ1n) is 7.48. The molecule has 0 spiro atoms. The Kier molecular flexibility index (Phi) is 3.77. The number of nitriles is 1. The summed E-state index contributed by atoms with van der Waals surface area (Å²) < 4.78 is 0. The summed E-state index contributed by atoms with van der Waals surface area (Å²) in [7, 11) is 0. The molecule has 0 aromatic heterocycles. The van der Waals surface area contributed by atoms with Gasteiger partial charge in [0.15, 0.2) is 0 Å². The summed E-state index contributed by atoms with van der Waals surface area (Å²) in [5.41, 5.74) is 2.70. The highest BCUT2D eigenvalue weighted by molar-refractivity contribution is 5.45. The van der Waals surface area contributed by atoms with Crippen molar-refractivity contribution >= 4 is 0 Å². The number of aliphatic hydroxyl groups excluding tert-OH is 1. The van der Waals surface area contributed by atoms with Crippen LogP contribution in [0.3, 0.4) is 0 Å². The molecule has 2 nitrogen and oxygen atoms in total. The molecule has 1 aliphatic rings. The lowest BCUT2D eigenvalue weighted by atomic mass is 9.76. The fourth-order valence-electron chi connectivity index (χ4n) is 3.37. The van der Waals surface area contributed by atoms with Gasteiger partial charge in [-0.05, 0) is 42.4 Å². The predicted octanol–water partition coefficient (Wildman–Crippen LogP) is 3.39. The fraction of sp³-hybridized carbons (Fsp3) is 0.316. The van der Waals surface area contributed by atoms with Crippen LogP contribution < -0.4 is 0 Å². The van der Waals surface area contributed by atoms with Crippen molar-refractivity contribution in [3.63, 3.8) is 0 Å². The molecular formula is C19H19NO. The van der Waals surface area contributed by atoms with E-state index in [1.165, 1.54) is 11.1 Å². The van der Waals surface area contributed by atoms with Gasteiger partial charge in [0.25, 0.3) is 0 Å². The van der Waals surface area contributed by atoms with Crippen molar-refractivity contribution in [2.75, 3.05) is 0 Å². The molecule has 0 saturated carbocycles. The molecule has 0 saturated heterocycles. The molecule has 0 aliphatic heterocycles. The first-order valence-corrected chi connectivity index (χ1v) is 7.48. The molecule has 1 N–H and O–H groups in total. The third kappa shape index (κ3) is 2.46. The maximum absolute atomic E-state index is 10.7. The van der Waals surface area contributed by atoms with Gasteiger partial charge in [0.2, 0.25) is 0 Å². The number of fused-ring (bicyclic) bond motifs is 1. The van der Waals surface area contributed by atoms with Crippen LogP contribution in [0.25, 0.3) is 0 Å². The van der Waals surface area contributed by atoms with Gasteiger partial charge in [-0.1, -0.05) is 54.6 Å². The number of aryl methyl sites for hydroxylation is 2. The largest absolute Gasteiger partial charge is 0.391 e. The molecule has 1 aliphatic carbocycles. The minimum absolute atomic E-state index is 0.617. The Morgan fingerprint density at radius 3 is 2.57 bits per heavy atom. The van der Waals surface area contributed by atoms with E-state index < -0.39 is 11.5 Å². The Morgan fingerprint density at radius 1 is 1.10 bits per heavy atom. The van der Waals surface area contributed by atoms with Crippen molar-refractivity contribution in [1.29, 1.82) is 5.26 Å². The molecule has 2 aromatic carbocycles. The Balaban J connectivity index is 1.80. The van der Waals surface area contributed by atoms with Crippen LogP contribution in [-0.2, 0) is 18.3 Å². The lowest BCUT2D eigenvalue weighted by Gasteiger charge is -2.28. The minimum atomic E-state index is -0.731. The third-order valence-corrected chi connectivity index (χ3v) is 4.60. The van der Waals surface area contributed by atoms with Crippen LogP contribution in [0.1, 0.15) is 29.5 Å². The quantitative estimate of drug-likeness (QED) is 0.931. The van der Waals surface area contributed by atoms with E-state index in [0.29, 0.717) is 6.42 Å². The topological polar surface area (TPSA) is 44.0 Å². The standard InChI is InChI=1S/C19H19NO/c20-14-19(13-12-16-8-4-5-9-17(16)19)18(21)11-10-15-6-2-1-3-7-15/h1-9,18,21H,10-13H2. The number of rotatable bonds is 4. The maximum Gasteiger partial charge on any atom is 0.109 e. The number of benzene rings is 2. The molecule has 21 heavy (non-hydrogen) atoms. The van der Waals surface area contributed by atoms with Crippen LogP contribution in [0.5, 0.6) is 0 Å². The van der Waals surface area contributed by atoms with Gasteiger partial charge in [-0.15, -0.1) is 0 Å². The van der Waals surface area contributed by atoms with E-state index in [4.69, 9.17) is 0 Å². The van der Waals surface area contributed by atoms with Crippen LogP contribution in [0.4, 0.5) is 0 Å². The summed E-state index contributed by atoms with van der Waals surface area (Å²) in [4.78, 5) is 0. The van der Waals surface area contributed by atoms with Crippen molar-refractivity contribution in [1.82, 2.24) is 0 Å². The van der Waals surface area contributed by atoms with Crippen LogP contribution >= 0.6 is 0 Å². The van der Waals surface area contributed by atoms with Crippen molar-refractivity contribution in [2.45, 2.75) is 37.2 Å². The fourth-order valence-corrected chi connectivity index (χ4v) is 3.37. The van der Waals surface area contributed by atoms with Gasteiger partial charge in [-0.3, -0.25) is 0 Å². The lowest BCUT2D eigenvalue weighted by Crippen LogP contribution is -2.36. The van der Waals surface area contributed by atoms with Crippen LogP contribution in [0, 0.1) is 11.3 Å². The molecule has 0 heterocycles. The van der Waals surface area contributed by atoms with Crippen molar-refractivity contribution in [3.8, 4) is 6.07 Å². The second-order valence-electron chi connectivity index (χ2n) is 5.78. The molecule has 0 fully saturated rings. The molecule has 2 atom stereocenters. The molecule has 2 aromatic rings. The second-order valence-corrected chi connectivity index (χ2v) is 5.78. The number of hydrogen-bond acceptors (Lipinski definition) is 2. The Morgan fingerprint density at radius 2 is 1.81 bits per heavy atom. The smallest absolute Gasteiger partial charge is 0.109 e. The summed E-state index contributed by atoms with van der Waals surface area (Å²) >= 11 is 0. The normalized spacial score (nSPS) is 21.5. The Hall–Kier alpha value is -2.11. The summed E-state index contributed by atoms with van der Waals surface area (Å²) in [5.74, 6) is 0. The Bertz CT molecular complexity index is 659. The van der Waals surface area contributed by atoms with E-state index in [2.05, 4.69) is 24.3 Å². The van der Waals surface area contributed by atoms with E-state index in [9.17, 15) is 10.4 Å². The van der Waals surface area contributed by atoms with Gasteiger partial charge >= 0.3 is 0 Å². The SMILES string of the molecule is N#CC1(C(O)CCc2ccccc2)CCc2ccccc21. The average molecular weight is 277 g/mol. The average Bonchev–Trinajstić information content (AvgIpc) is 2.94. The van der Waals surface area contributed by atoms with Crippen LogP contribution in [0.2, 0.25) is 0 Å². The van der Waals surface area contributed by atoms with Crippen molar-refractivity contribution < 1.29 is 5.11 Å². The van der Waals surface area contributed by atoms with E-state index in [0.717, 1.165) is 24.8 Å². The maximum atomic E-state index is 10.7. The van der Waals surface area contributed by atoms with Crippen LogP contribution in [0.15, 0.2) is 54.6 Å². The van der Waals surface area contributed by atoms with Crippen molar-refractivity contribution in [2.24, 2.45) is 0 Å². The number of nitrogens with zero attached hydrogens (tertiary/aromatic N) is 1. The molecule has 2 heteroatoms. The minimum Gasteiger partial charge on any atom is -0.391 e. The highest BCUT2D eigenvalue weighted by atomic mass is 16.3. The van der Waals surface area contributed by atoms with Gasteiger partial charge in [-0.25, -0.2) is 0 Å². The van der Waals surface area contributed by atoms with E-state index in [-0.39, 0.29) is 0 Å². The molecule has 0 bridgehead atoms. The lowest BCUT2D eigenvalue weighted by molar-refractivity contribution is 0.101. The first-order chi connectivity index (χ1) is 10.3. The molecular weight excluding hydrogens is 258 g/mol. The summed E-state index contributed by atoms with van der Waals surface area (Å²) in [6, 6.07) is 20.6. The summed E-state index contributed by atoms with van der Waals surface area (Å²) in [5, 5.41) is 20.4. The van der Waals surface area contributed by atoms with Gasteiger partial charge in [0, 0.05) is 0 Å². The molecule has 2 unspecified atom stereocenters. The zero-order chi connectivity index (χ0) is 14.7. The van der Waals surface area contributed by atoms with Gasteiger partial charge < -0.3 is 5.11 Å². The Labute approximate surface area is 125 Å². The van der Waals surface area contributed by atoms with E-state index >= 15 is 0 Å².